The Labute approximate surface area is 115 Å². The molecule has 0 saturated carbocycles. The molecule has 0 radical (unpaired) electrons. The maximum Gasteiger partial charge on any atom is 0.122 e. The van der Waals surface area contributed by atoms with Crippen molar-refractivity contribution in [1.82, 2.24) is 0 Å². The Balaban J connectivity index is 2.81. The molecule has 0 aliphatic rings. The molecule has 0 fully saturated rings. The first-order valence-corrected chi connectivity index (χ1v) is 7.54. The smallest absolute Gasteiger partial charge is 0.122 e. The fourth-order valence-electron chi connectivity index (χ4n) is 1.61. The monoisotopic (exact) mass is 267 g/mol. The summed E-state index contributed by atoms with van der Waals surface area (Å²) in [7, 11) is 1.72. The summed E-state index contributed by atoms with van der Waals surface area (Å²) in [5.74, 6) is 2.63. The third-order valence-corrected chi connectivity index (χ3v) is 4.82. The van der Waals surface area contributed by atoms with E-state index in [9.17, 15) is 0 Å². The van der Waals surface area contributed by atoms with Gasteiger partial charge in [0.05, 0.1) is 7.11 Å². The molecule has 2 N–H and O–H groups in total. The van der Waals surface area contributed by atoms with Gasteiger partial charge in [-0.3, -0.25) is 0 Å². The molecule has 2 unspecified atom stereocenters. The topological polar surface area (TPSA) is 35.2 Å². The van der Waals surface area contributed by atoms with Gasteiger partial charge in [0.25, 0.3) is 0 Å². The molecule has 0 amide bonds. The van der Waals surface area contributed by atoms with Crippen LogP contribution in [0.1, 0.15) is 44.9 Å². The summed E-state index contributed by atoms with van der Waals surface area (Å²) in [5, 5.41) is 0.647. The lowest BCUT2D eigenvalue weighted by Gasteiger charge is -2.17. The van der Waals surface area contributed by atoms with Crippen LogP contribution in [0, 0.1) is 5.92 Å². The minimum atomic E-state index is 0.0715. The van der Waals surface area contributed by atoms with Crippen LogP contribution in [0.2, 0.25) is 0 Å². The zero-order valence-corrected chi connectivity index (χ0v) is 12.9. The van der Waals surface area contributed by atoms with Gasteiger partial charge >= 0.3 is 0 Å². The molecule has 102 valence electrons. The van der Waals surface area contributed by atoms with Crippen molar-refractivity contribution >= 4 is 11.8 Å². The van der Waals surface area contributed by atoms with Gasteiger partial charge in [0, 0.05) is 22.6 Å². The number of hydrogen-bond donors (Lipinski definition) is 1. The molecule has 0 spiro atoms. The van der Waals surface area contributed by atoms with E-state index in [0.717, 1.165) is 11.5 Å². The van der Waals surface area contributed by atoms with Crippen LogP contribution in [0.15, 0.2) is 18.2 Å². The molecule has 0 bridgehead atoms. The molecule has 2 nitrogen and oxygen atoms in total. The molecule has 1 rings (SSSR count). The van der Waals surface area contributed by atoms with Gasteiger partial charge in [0.2, 0.25) is 0 Å². The van der Waals surface area contributed by atoms with E-state index < -0.39 is 0 Å². The largest absolute Gasteiger partial charge is 0.496 e. The Hall–Kier alpha value is -0.670. The quantitative estimate of drug-likeness (QED) is 0.846. The number of thioether (sulfide) groups is 1. The summed E-state index contributed by atoms with van der Waals surface area (Å²) >= 11 is 1.97. The first kappa shape index (κ1) is 15.4. The lowest BCUT2D eigenvalue weighted by Crippen LogP contribution is -2.08. The Morgan fingerprint density at radius 3 is 2.39 bits per heavy atom. The lowest BCUT2D eigenvalue weighted by atomic mass is 10.1. The number of benzene rings is 1. The first-order valence-electron chi connectivity index (χ1n) is 6.49. The van der Waals surface area contributed by atoms with Crippen LogP contribution in [-0.2, 0) is 5.75 Å². The van der Waals surface area contributed by atoms with Crippen molar-refractivity contribution in [2.45, 2.75) is 44.7 Å². The molecular weight excluding hydrogens is 242 g/mol. The van der Waals surface area contributed by atoms with Crippen LogP contribution in [0.25, 0.3) is 0 Å². The number of methoxy groups -OCH3 is 1. The first-order chi connectivity index (χ1) is 8.45. The highest BCUT2D eigenvalue weighted by molar-refractivity contribution is 7.99. The second-order valence-corrected chi connectivity index (χ2v) is 6.49. The van der Waals surface area contributed by atoms with E-state index in [1.807, 2.05) is 30.8 Å². The Morgan fingerprint density at radius 2 is 1.89 bits per heavy atom. The van der Waals surface area contributed by atoms with Crippen molar-refractivity contribution in [1.29, 1.82) is 0 Å². The molecule has 0 aliphatic carbocycles. The summed E-state index contributed by atoms with van der Waals surface area (Å²) in [5.41, 5.74) is 8.34. The summed E-state index contributed by atoms with van der Waals surface area (Å²) in [6.07, 6.45) is 0. The SMILES string of the molecule is COc1ccc(C(C)N)cc1CSC(C)C(C)C. The summed E-state index contributed by atoms with van der Waals surface area (Å²) in [6.45, 7) is 8.80. The highest BCUT2D eigenvalue weighted by Gasteiger charge is 2.11. The van der Waals surface area contributed by atoms with Crippen molar-refractivity contribution in [2.24, 2.45) is 11.7 Å². The van der Waals surface area contributed by atoms with E-state index in [1.165, 1.54) is 11.1 Å². The highest BCUT2D eigenvalue weighted by atomic mass is 32.2. The molecule has 1 aromatic carbocycles. The standard InChI is InChI=1S/C15H25NOS/c1-10(2)12(4)18-9-14-8-13(11(3)16)6-7-15(14)17-5/h6-8,10-12H,9,16H2,1-5H3. The van der Waals surface area contributed by atoms with Crippen LogP contribution in [0.5, 0.6) is 5.75 Å². The van der Waals surface area contributed by atoms with Crippen molar-refractivity contribution in [3.05, 3.63) is 29.3 Å². The van der Waals surface area contributed by atoms with Gasteiger partial charge in [-0.2, -0.15) is 11.8 Å². The van der Waals surface area contributed by atoms with Crippen LogP contribution in [-0.4, -0.2) is 12.4 Å². The molecule has 0 aliphatic heterocycles. The van der Waals surface area contributed by atoms with E-state index in [2.05, 4.69) is 26.8 Å². The van der Waals surface area contributed by atoms with Crippen LogP contribution in [0.4, 0.5) is 0 Å². The average molecular weight is 267 g/mol. The van der Waals surface area contributed by atoms with Crippen LogP contribution in [0.3, 0.4) is 0 Å². The minimum absolute atomic E-state index is 0.0715. The van der Waals surface area contributed by atoms with E-state index in [4.69, 9.17) is 10.5 Å². The van der Waals surface area contributed by atoms with Crippen molar-refractivity contribution in [3.8, 4) is 5.75 Å². The Kier molecular flexibility index (Phi) is 6.03. The maximum absolute atomic E-state index is 5.93. The molecule has 0 aromatic heterocycles. The van der Waals surface area contributed by atoms with Gasteiger partial charge in [0.15, 0.2) is 0 Å². The van der Waals surface area contributed by atoms with E-state index in [-0.39, 0.29) is 6.04 Å². The second-order valence-electron chi connectivity index (χ2n) is 5.12. The fraction of sp³-hybridized carbons (Fsp3) is 0.600. The van der Waals surface area contributed by atoms with Gasteiger partial charge in [0.1, 0.15) is 5.75 Å². The number of ether oxygens (including phenoxy) is 1. The number of nitrogens with two attached hydrogens (primary N) is 1. The lowest BCUT2D eigenvalue weighted by molar-refractivity contribution is 0.411. The third kappa shape index (κ3) is 4.21. The molecule has 2 atom stereocenters. The van der Waals surface area contributed by atoms with E-state index in [0.29, 0.717) is 11.2 Å². The molecule has 0 heterocycles. The highest BCUT2D eigenvalue weighted by Crippen LogP contribution is 2.29. The van der Waals surface area contributed by atoms with Crippen molar-refractivity contribution < 1.29 is 4.74 Å². The van der Waals surface area contributed by atoms with Gasteiger partial charge in [-0.05, 0) is 30.5 Å². The van der Waals surface area contributed by atoms with Gasteiger partial charge in [-0.1, -0.05) is 26.8 Å². The maximum atomic E-state index is 5.93. The van der Waals surface area contributed by atoms with Gasteiger partial charge in [-0.15, -0.1) is 0 Å². The average Bonchev–Trinajstić information content (AvgIpc) is 2.35. The molecular formula is C15H25NOS. The number of hydrogen-bond acceptors (Lipinski definition) is 3. The third-order valence-electron chi connectivity index (χ3n) is 3.27. The molecule has 18 heavy (non-hydrogen) atoms. The molecule has 0 saturated heterocycles. The summed E-state index contributed by atoms with van der Waals surface area (Å²) < 4.78 is 5.42. The van der Waals surface area contributed by atoms with Crippen molar-refractivity contribution in [3.63, 3.8) is 0 Å². The molecule has 3 heteroatoms. The zero-order chi connectivity index (χ0) is 13.7. The van der Waals surface area contributed by atoms with Gasteiger partial charge in [-0.25, -0.2) is 0 Å². The van der Waals surface area contributed by atoms with E-state index >= 15 is 0 Å². The summed E-state index contributed by atoms with van der Waals surface area (Å²) in [4.78, 5) is 0. The number of rotatable bonds is 6. The summed E-state index contributed by atoms with van der Waals surface area (Å²) in [6, 6.07) is 6.31. The fourth-order valence-corrected chi connectivity index (χ4v) is 2.66. The molecule has 1 aromatic rings. The second kappa shape index (κ2) is 7.05. The predicted molar refractivity (Wildman–Crippen MR) is 81.2 cm³/mol. The Bertz CT molecular complexity index is 377. The van der Waals surface area contributed by atoms with Crippen molar-refractivity contribution in [2.75, 3.05) is 7.11 Å². The minimum Gasteiger partial charge on any atom is -0.496 e. The normalized spacial score (nSPS) is 14.6. The predicted octanol–water partition coefficient (Wildman–Crippen LogP) is 3.99. The van der Waals surface area contributed by atoms with Crippen LogP contribution < -0.4 is 10.5 Å². The van der Waals surface area contributed by atoms with Crippen LogP contribution >= 0.6 is 11.8 Å². The Morgan fingerprint density at radius 1 is 1.22 bits per heavy atom. The zero-order valence-electron chi connectivity index (χ0n) is 12.1. The van der Waals surface area contributed by atoms with E-state index in [1.54, 1.807) is 7.11 Å². The van der Waals surface area contributed by atoms with Gasteiger partial charge < -0.3 is 10.5 Å².